The van der Waals surface area contributed by atoms with Crippen molar-refractivity contribution in [3.63, 3.8) is 0 Å². The van der Waals surface area contributed by atoms with Gasteiger partial charge < -0.3 is 25.0 Å². The first kappa shape index (κ1) is 24.0. The van der Waals surface area contributed by atoms with Crippen molar-refractivity contribution in [3.8, 4) is 5.75 Å². The van der Waals surface area contributed by atoms with Crippen LogP contribution in [0, 0.1) is 6.92 Å². The van der Waals surface area contributed by atoms with Gasteiger partial charge in [0.05, 0.1) is 17.7 Å². The molecule has 0 bridgehead atoms. The highest BCUT2D eigenvalue weighted by atomic mass is 16.5. The molecule has 1 aromatic carbocycles. The number of nitrogens with zero attached hydrogens (tertiary/aromatic N) is 4. The van der Waals surface area contributed by atoms with Crippen LogP contribution in [0.25, 0.3) is 11.0 Å². The molecular formula is C27H31N5O4. The number of likely N-dealkylation sites (tertiary alicyclic amines) is 1. The van der Waals surface area contributed by atoms with Gasteiger partial charge in [0.2, 0.25) is 5.91 Å². The maximum Gasteiger partial charge on any atom is 0.251 e. The van der Waals surface area contributed by atoms with Crippen molar-refractivity contribution >= 4 is 28.5 Å². The fourth-order valence-electron chi connectivity index (χ4n) is 4.83. The van der Waals surface area contributed by atoms with E-state index in [2.05, 4.69) is 20.2 Å². The smallest absolute Gasteiger partial charge is 0.251 e. The molecule has 5 rings (SSSR count). The van der Waals surface area contributed by atoms with E-state index in [-0.39, 0.29) is 18.4 Å². The number of carbonyl (C=O) groups is 2. The van der Waals surface area contributed by atoms with E-state index in [1.807, 2.05) is 30.0 Å². The number of rotatable bonds is 8. The summed E-state index contributed by atoms with van der Waals surface area (Å²) in [4.78, 5) is 37.3. The molecule has 1 unspecified atom stereocenters. The van der Waals surface area contributed by atoms with Gasteiger partial charge in [-0.2, -0.15) is 0 Å². The summed E-state index contributed by atoms with van der Waals surface area (Å²) in [7, 11) is 0. The second-order valence-corrected chi connectivity index (χ2v) is 9.59. The van der Waals surface area contributed by atoms with Crippen molar-refractivity contribution in [1.82, 2.24) is 20.2 Å². The standard InChI is InChI=1S/C27H31N5O4/c1-19-4-9-22-25(30-19)23(10-12-28-22)32-14-11-27(35,18-32)17-29-26(34)20-5-7-21(8-6-20)36-16-15-31-13-2-3-24(31)33/h4-10,12,35H,2-3,11,13-18H2,1H3,(H,29,34). The fourth-order valence-corrected chi connectivity index (χ4v) is 4.83. The molecule has 1 atom stereocenters. The van der Waals surface area contributed by atoms with Crippen LogP contribution in [0.3, 0.4) is 0 Å². The molecule has 2 saturated heterocycles. The molecule has 9 heteroatoms. The number of aryl methyl sites for hydroxylation is 1. The topological polar surface area (TPSA) is 108 Å². The summed E-state index contributed by atoms with van der Waals surface area (Å²) in [5, 5.41) is 14.0. The molecule has 3 aromatic rings. The van der Waals surface area contributed by atoms with Crippen LogP contribution in [0.4, 0.5) is 5.69 Å². The van der Waals surface area contributed by atoms with Gasteiger partial charge in [0, 0.05) is 50.1 Å². The molecule has 2 fully saturated rings. The van der Waals surface area contributed by atoms with Crippen molar-refractivity contribution < 1.29 is 19.4 Å². The third kappa shape index (κ3) is 5.26. The predicted molar refractivity (Wildman–Crippen MR) is 136 cm³/mol. The molecule has 188 valence electrons. The Kier molecular flexibility index (Phi) is 6.73. The number of nitrogens with one attached hydrogen (secondary N) is 1. The Labute approximate surface area is 210 Å². The summed E-state index contributed by atoms with van der Waals surface area (Å²) in [6, 6.07) is 12.7. The van der Waals surface area contributed by atoms with Gasteiger partial charge in [-0.25, -0.2) is 4.98 Å². The number of aliphatic hydroxyl groups is 1. The molecule has 2 aromatic heterocycles. The van der Waals surface area contributed by atoms with E-state index < -0.39 is 5.60 Å². The summed E-state index contributed by atoms with van der Waals surface area (Å²) in [5.74, 6) is 0.581. The number of carbonyl (C=O) groups excluding carboxylic acids is 2. The Morgan fingerprint density at radius 1 is 1.17 bits per heavy atom. The predicted octanol–water partition coefficient (Wildman–Crippen LogP) is 2.31. The van der Waals surface area contributed by atoms with E-state index in [0.717, 1.165) is 35.4 Å². The maximum atomic E-state index is 12.7. The lowest BCUT2D eigenvalue weighted by molar-refractivity contribution is -0.128. The highest BCUT2D eigenvalue weighted by Crippen LogP contribution is 2.30. The molecule has 0 spiro atoms. The second kappa shape index (κ2) is 10.1. The molecule has 0 saturated carbocycles. The molecule has 2 aliphatic heterocycles. The van der Waals surface area contributed by atoms with Crippen LogP contribution >= 0.6 is 0 Å². The number of aromatic nitrogens is 2. The van der Waals surface area contributed by atoms with Crippen molar-refractivity contribution in [2.45, 2.75) is 31.8 Å². The number of hydrogen-bond acceptors (Lipinski definition) is 7. The molecule has 9 nitrogen and oxygen atoms in total. The first-order chi connectivity index (χ1) is 17.4. The Morgan fingerprint density at radius 2 is 2.00 bits per heavy atom. The maximum absolute atomic E-state index is 12.7. The lowest BCUT2D eigenvalue weighted by Gasteiger charge is -2.25. The average Bonchev–Trinajstić information content (AvgIpc) is 3.48. The summed E-state index contributed by atoms with van der Waals surface area (Å²) in [6.45, 7) is 4.94. The zero-order valence-electron chi connectivity index (χ0n) is 20.4. The van der Waals surface area contributed by atoms with Gasteiger partial charge in [-0.05, 0) is 62.2 Å². The quantitative estimate of drug-likeness (QED) is 0.500. The highest BCUT2D eigenvalue weighted by molar-refractivity contribution is 5.94. The van der Waals surface area contributed by atoms with Crippen molar-refractivity contribution in [2.24, 2.45) is 0 Å². The van der Waals surface area contributed by atoms with Gasteiger partial charge in [-0.15, -0.1) is 0 Å². The third-order valence-corrected chi connectivity index (χ3v) is 6.87. The summed E-state index contributed by atoms with van der Waals surface area (Å²) in [5.41, 5.74) is 2.95. The number of amides is 2. The van der Waals surface area contributed by atoms with Crippen LogP contribution in [-0.4, -0.2) is 76.7 Å². The van der Waals surface area contributed by atoms with Crippen LogP contribution < -0.4 is 15.0 Å². The van der Waals surface area contributed by atoms with E-state index in [9.17, 15) is 14.7 Å². The van der Waals surface area contributed by atoms with Gasteiger partial charge >= 0.3 is 0 Å². The third-order valence-electron chi connectivity index (χ3n) is 6.87. The molecule has 0 radical (unpaired) electrons. The SMILES string of the molecule is Cc1ccc2nccc(N3CCC(O)(CNC(=O)c4ccc(OCCN5CCCC5=O)cc4)C3)c2n1. The first-order valence-corrected chi connectivity index (χ1v) is 12.4. The van der Waals surface area contributed by atoms with Gasteiger partial charge in [0.1, 0.15) is 23.5 Å². The van der Waals surface area contributed by atoms with Crippen LogP contribution in [0.2, 0.25) is 0 Å². The van der Waals surface area contributed by atoms with Crippen LogP contribution in [0.1, 0.15) is 35.3 Å². The van der Waals surface area contributed by atoms with Crippen LogP contribution in [0.5, 0.6) is 5.75 Å². The van der Waals surface area contributed by atoms with E-state index in [4.69, 9.17) is 4.74 Å². The summed E-state index contributed by atoms with van der Waals surface area (Å²) in [6.07, 6.45) is 3.82. The Morgan fingerprint density at radius 3 is 2.78 bits per heavy atom. The normalized spacial score (nSPS) is 19.8. The number of benzene rings is 1. The lowest BCUT2D eigenvalue weighted by atomic mass is 10.0. The monoisotopic (exact) mass is 489 g/mol. The molecule has 36 heavy (non-hydrogen) atoms. The number of fused-ring (bicyclic) bond motifs is 1. The molecule has 2 N–H and O–H groups in total. The van der Waals surface area contributed by atoms with Crippen LogP contribution in [0.15, 0.2) is 48.7 Å². The molecule has 0 aliphatic carbocycles. The fraction of sp³-hybridized carbons (Fsp3) is 0.407. The van der Waals surface area contributed by atoms with Gasteiger partial charge in [0.25, 0.3) is 5.91 Å². The zero-order chi connectivity index (χ0) is 25.1. The Hall–Kier alpha value is -3.72. The van der Waals surface area contributed by atoms with Crippen molar-refractivity contribution in [2.75, 3.05) is 44.2 Å². The second-order valence-electron chi connectivity index (χ2n) is 9.59. The number of β-amino-alcohol motifs (C(OH)–C–C–N with tert-alkyl or cyclic N) is 1. The number of pyridine rings is 2. The molecular weight excluding hydrogens is 458 g/mol. The van der Waals surface area contributed by atoms with Gasteiger partial charge in [-0.3, -0.25) is 14.6 Å². The summed E-state index contributed by atoms with van der Waals surface area (Å²) >= 11 is 0. The van der Waals surface area contributed by atoms with E-state index in [1.54, 1.807) is 30.5 Å². The Balaban J connectivity index is 1.14. The first-order valence-electron chi connectivity index (χ1n) is 12.4. The molecule has 2 aliphatic rings. The average molecular weight is 490 g/mol. The number of ether oxygens (including phenoxy) is 1. The summed E-state index contributed by atoms with van der Waals surface area (Å²) < 4.78 is 5.72. The molecule has 4 heterocycles. The van der Waals surface area contributed by atoms with E-state index in [0.29, 0.717) is 50.4 Å². The van der Waals surface area contributed by atoms with E-state index in [1.165, 1.54) is 0 Å². The van der Waals surface area contributed by atoms with Crippen molar-refractivity contribution in [3.05, 3.63) is 59.9 Å². The minimum absolute atomic E-state index is 0.153. The number of anilines is 1. The molecule has 2 amide bonds. The minimum Gasteiger partial charge on any atom is -0.492 e. The van der Waals surface area contributed by atoms with Gasteiger partial charge in [0.15, 0.2) is 0 Å². The largest absolute Gasteiger partial charge is 0.492 e. The number of hydrogen-bond donors (Lipinski definition) is 2. The van der Waals surface area contributed by atoms with Gasteiger partial charge in [-0.1, -0.05) is 0 Å². The highest BCUT2D eigenvalue weighted by Gasteiger charge is 2.37. The van der Waals surface area contributed by atoms with Crippen LogP contribution in [-0.2, 0) is 4.79 Å². The lowest BCUT2D eigenvalue weighted by Crippen LogP contribution is -2.45. The zero-order valence-corrected chi connectivity index (χ0v) is 20.4. The Bertz CT molecular complexity index is 1260. The van der Waals surface area contributed by atoms with E-state index >= 15 is 0 Å². The minimum atomic E-state index is -1.04. The van der Waals surface area contributed by atoms with Crippen molar-refractivity contribution in [1.29, 1.82) is 0 Å².